The normalized spacial score (nSPS) is 19.1. The van der Waals surface area contributed by atoms with Crippen LogP contribution in [0.15, 0.2) is 21.7 Å². The van der Waals surface area contributed by atoms with Crippen LogP contribution in [0.4, 0.5) is 0 Å². The van der Waals surface area contributed by atoms with Gasteiger partial charge >= 0.3 is 0 Å². The number of hydrazine groups is 1. The maximum atomic E-state index is 5.92. The predicted octanol–water partition coefficient (Wildman–Crippen LogP) is 2.87. The highest BCUT2D eigenvalue weighted by Crippen LogP contribution is 2.22. The summed E-state index contributed by atoms with van der Waals surface area (Å²) in [6.45, 7) is 0. The molecule has 94 valence electrons. The molecular formula is C12H18ClN3O. The molecule has 0 aromatic carbocycles. The van der Waals surface area contributed by atoms with Gasteiger partial charge in [0.2, 0.25) is 5.22 Å². The summed E-state index contributed by atoms with van der Waals surface area (Å²) >= 11 is 5.92. The minimum absolute atomic E-state index is 0.329. The number of furan rings is 1. The highest BCUT2D eigenvalue weighted by atomic mass is 35.5. The molecule has 0 spiro atoms. The zero-order valence-corrected chi connectivity index (χ0v) is 10.5. The van der Waals surface area contributed by atoms with E-state index in [1.165, 1.54) is 31.9 Å². The van der Waals surface area contributed by atoms with Crippen LogP contribution >= 0.6 is 11.6 Å². The summed E-state index contributed by atoms with van der Waals surface area (Å²) in [6.07, 6.45) is 8.89. The Bertz CT molecular complexity index is 381. The molecule has 3 N–H and O–H groups in total. The molecular weight excluding hydrogens is 238 g/mol. The van der Waals surface area contributed by atoms with Crippen LogP contribution in [-0.4, -0.2) is 11.9 Å². The van der Waals surface area contributed by atoms with Gasteiger partial charge in [-0.2, -0.15) is 0 Å². The Morgan fingerprint density at radius 3 is 2.59 bits per heavy atom. The zero-order valence-electron chi connectivity index (χ0n) is 9.79. The molecule has 0 radical (unpaired) electrons. The summed E-state index contributed by atoms with van der Waals surface area (Å²) < 4.78 is 5.05. The lowest BCUT2D eigenvalue weighted by Gasteiger charge is -2.11. The van der Waals surface area contributed by atoms with Crippen molar-refractivity contribution >= 4 is 17.4 Å². The first kappa shape index (κ1) is 12.5. The number of hydrogen-bond donors (Lipinski definition) is 2. The van der Waals surface area contributed by atoms with Crippen molar-refractivity contribution in [2.24, 2.45) is 10.8 Å². The Morgan fingerprint density at radius 1 is 1.35 bits per heavy atom. The summed E-state index contributed by atoms with van der Waals surface area (Å²) in [7, 11) is 0. The van der Waals surface area contributed by atoms with Crippen molar-refractivity contribution in [3.8, 4) is 0 Å². The molecule has 0 unspecified atom stereocenters. The Labute approximate surface area is 106 Å². The lowest BCUT2D eigenvalue weighted by atomic mass is 10.1. The third-order valence-corrected chi connectivity index (χ3v) is 3.44. The molecule has 1 aromatic rings. The summed E-state index contributed by atoms with van der Waals surface area (Å²) in [5, 5.41) is 0.329. The van der Waals surface area contributed by atoms with E-state index >= 15 is 0 Å². The Balaban J connectivity index is 2.14. The number of amidine groups is 1. The van der Waals surface area contributed by atoms with Crippen molar-refractivity contribution in [3.05, 3.63) is 23.1 Å². The van der Waals surface area contributed by atoms with Crippen molar-refractivity contribution in [2.75, 3.05) is 0 Å². The topological polar surface area (TPSA) is 63.5 Å². The number of rotatable bonds is 2. The first-order valence-corrected chi connectivity index (χ1v) is 6.47. The van der Waals surface area contributed by atoms with Crippen molar-refractivity contribution in [1.29, 1.82) is 0 Å². The number of nitrogens with zero attached hydrogens (tertiary/aromatic N) is 1. The van der Waals surface area contributed by atoms with Gasteiger partial charge in [0.15, 0.2) is 0 Å². The minimum atomic E-state index is 0.329. The molecule has 0 bridgehead atoms. The van der Waals surface area contributed by atoms with Crippen LogP contribution in [0.2, 0.25) is 5.22 Å². The van der Waals surface area contributed by atoms with E-state index < -0.39 is 0 Å². The summed E-state index contributed by atoms with van der Waals surface area (Å²) in [5.74, 6) is 6.13. The second kappa shape index (κ2) is 6.07. The molecule has 1 heterocycles. The van der Waals surface area contributed by atoms with Gasteiger partial charge in [-0.15, -0.1) is 0 Å². The van der Waals surface area contributed by atoms with E-state index in [9.17, 15) is 0 Å². The molecule has 2 rings (SSSR count). The van der Waals surface area contributed by atoms with Gasteiger partial charge in [0.25, 0.3) is 0 Å². The summed E-state index contributed by atoms with van der Waals surface area (Å²) in [6, 6.07) is 2.12. The molecule has 4 nitrogen and oxygen atoms in total. The fraction of sp³-hybridized carbons (Fsp3) is 0.583. The van der Waals surface area contributed by atoms with E-state index in [0.717, 1.165) is 18.4 Å². The van der Waals surface area contributed by atoms with Crippen LogP contribution in [0.1, 0.15) is 44.1 Å². The van der Waals surface area contributed by atoms with E-state index in [1.54, 1.807) is 6.07 Å². The average Bonchev–Trinajstić information content (AvgIpc) is 2.62. The zero-order chi connectivity index (χ0) is 12.1. The van der Waals surface area contributed by atoms with E-state index in [4.69, 9.17) is 21.9 Å². The van der Waals surface area contributed by atoms with Crippen molar-refractivity contribution in [2.45, 2.75) is 44.6 Å². The van der Waals surface area contributed by atoms with Crippen LogP contribution in [-0.2, 0) is 0 Å². The molecule has 1 fully saturated rings. The molecule has 1 aliphatic carbocycles. The van der Waals surface area contributed by atoms with Crippen molar-refractivity contribution in [3.63, 3.8) is 0 Å². The first-order valence-electron chi connectivity index (χ1n) is 6.09. The molecule has 5 heteroatoms. The van der Waals surface area contributed by atoms with E-state index in [-0.39, 0.29) is 0 Å². The molecule has 0 atom stereocenters. The van der Waals surface area contributed by atoms with Crippen molar-refractivity contribution in [1.82, 2.24) is 5.43 Å². The molecule has 1 aromatic heterocycles. The largest absolute Gasteiger partial charge is 0.452 e. The number of halogens is 1. The van der Waals surface area contributed by atoms with Crippen LogP contribution in [0, 0.1) is 0 Å². The minimum Gasteiger partial charge on any atom is -0.452 e. The van der Waals surface area contributed by atoms with E-state index in [2.05, 4.69) is 10.4 Å². The van der Waals surface area contributed by atoms with Gasteiger partial charge in [0.1, 0.15) is 5.84 Å². The van der Waals surface area contributed by atoms with Crippen LogP contribution in [0.5, 0.6) is 0 Å². The highest BCUT2D eigenvalue weighted by Gasteiger charge is 2.15. The lowest BCUT2D eigenvalue weighted by Crippen LogP contribution is -2.32. The third-order valence-electron chi connectivity index (χ3n) is 3.15. The molecule has 0 amide bonds. The van der Waals surface area contributed by atoms with Gasteiger partial charge in [-0.1, -0.05) is 25.7 Å². The van der Waals surface area contributed by atoms with Gasteiger partial charge in [-0.05, 0) is 30.5 Å². The standard InChI is InChI=1S/C12H18ClN3O/c13-11-10(7-8-17-11)12(16-14)15-9-5-3-1-2-4-6-9/h7-9H,1-6,14H2,(H,15,16). The number of aliphatic imine (C=N–C) groups is 1. The van der Waals surface area contributed by atoms with Crippen molar-refractivity contribution < 1.29 is 4.42 Å². The van der Waals surface area contributed by atoms with Gasteiger partial charge < -0.3 is 9.84 Å². The fourth-order valence-corrected chi connectivity index (χ4v) is 2.42. The van der Waals surface area contributed by atoms with Crippen LogP contribution in [0.3, 0.4) is 0 Å². The summed E-state index contributed by atoms with van der Waals surface area (Å²) in [4.78, 5) is 4.65. The highest BCUT2D eigenvalue weighted by molar-refractivity contribution is 6.32. The smallest absolute Gasteiger partial charge is 0.203 e. The van der Waals surface area contributed by atoms with Crippen LogP contribution in [0.25, 0.3) is 0 Å². The lowest BCUT2D eigenvalue weighted by molar-refractivity contribution is 0.567. The molecule has 0 saturated heterocycles. The number of hydrogen-bond acceptors (Lipinski definition) is 3. The maximum absolute atomic E-state index is 5.92. The second-order valence-corrected chi connectivity index (χ2v) is 4.72. The van der Waals surface area contributed by atoms with Crippen LogP contribution < -0.4 is 11.3 Å². The quantitative estimate of drug-likeness (QED) is 0.281. The fourth-order valence-electron chi connectivity index (χ4n) is 2.22. The molecule has 1 aliphatic rings. The molecule has 0 aliphatic heterocycles. The Morgan fingerprint density at radius 2 is 2.06 bits per heavy atom. The van der Waals surface area contributed by atoms with Gasteiger partial charge in [-0.25, -0.2) is 5.84 Å². The first-order chi connectivity index (χ1) is 8.31. The average molecular weight is 256 g/mol. The van der Waals surface area contributed by atoms with Gasteiger partial charge in [-0.3, -0.25) is 4.99 Å². The van der Waals surface area contributed by atoms with E-state index in [0.29, 0.717) is 17.1 Å². The third kappa shape index (κ3) is 3.23. The maximum Gasteiger partial charge on any atom is 0.203 e. The number of nitrogens with one attached hydrogen (secondary N) is 1. The van der Waals surface area contributed by atoms with Gasteiger partial charge in [0.05, 0.1) is 17.9 Å². The Hall–Kier alpha value is -1.00. The summed E-state index contributed by atoms with van der Waals surface area (Å²) in [5.41, 5.74) is 3.35. The number of nitrogens with two attached hydrogens (primary N) is 1. The van der Waals surface area contributed by atoms with Gasteiger partial charge in [0, 0.05) is 0 Å². The second-order valence-electron chi connectivity index (χ2n) is 4.38. The predicted molar refractivity (Wildman–Crippen MR) is 69.1 cm³/mol. The molecule has 17 heavy (non-hydrogen) atoms. The SMILES string of the molecule is NNC(=NC1CCCCCC1)c1ccoc1Cl. The monoisotopic (exact) mass is 255 g/mol. The van der Waals surface area contributed by atoms with E-state index in [1.807, 2.05) is 0 Å². The molecule has 1 saturated carbocycles. The Kier molecular flexibility index (Phi) is 4.45.